The molecule has 29 heavy (non-hydrogen) atoms. The first-order chi connectivity index (χ1) is 13.9. The molecule has 0 aliphatic rings. The standard InChI is InChI=1S/C22H21ClN2O3S/c1-17-10-12-18(13-11-17)15-24-22(26)16-25(20-7-5-6-19(23)14-20)29(27,28)21-8-3-2-4-9-21/h2-14H,15-16H2,1H3,(H,24,26). The number of aryl methyl sites for hydroxylation is 1. The summed E-state index contributed by atoms with van der Waals surface area (Å²) in [5.74, 6) is -0.412. The van der Waals surface area contributed by atoms with Crippen molar-refractivity contribution in [1.29, 1.82) is 0 Å². The third-order valence-electron chi connectivity index (χ3n) is 4.32. The fourth-order valence-electron chi connectivity index (χ4n) is 2.76. The number of carbonyl (C=O) groups is 1. The van der Waals surface area contributed by atoms with Crippen molar-refractivity contribution in [3.63, 3.8) is 0 Å². The predicted molar refractivity (Wildman–Crippen MR) is 115 cm³/mol. The number of hydrogen-bond donors (Lipinski definition) is 1. The number of rotatable bonds is 7. The number of benzene rings is 3. The second kappa shape index (κ2) is 9.11. The Morgan fingerprint density at radius 3 is 2.31 bits per heavy atom. The number of nitrogens with one attached hydrogen (secondary N) is 1. The molecule has 1 amide bonds. The van der Waals surface area contributed by atoms with Gasteiger partial charge in [-0.1, -0.05) is 65.7 Å². The fourth-order valence-corrected chi connectivity index (χ4v) is 4.38. The average Bonchev–Trinajstić information content (AvgIpc) is 2.72. The molecular formula is C22H21ClN2O3S. The molecule has 3 aromatic carbocycles. The minimum Gasteiger partial charge on any atom is -0.350 e. The molecule has 0 saturated carbocycles. The second-order valence-electron chi connectivity index (χ2n) is 6.57. The van der Waals surface area contributed by atoms with Crippen molar-refractivity contribution in [1.82, 2.24) is 5.32 Å². The van der Waals surface area contributed by atoms with Crippen molar-refractivity contribution in [3.8, 4) is 0 Å². The van der Waals surface area contributed by atoms with E-state index in [1.54, 1.807) is 36.4 Å². The van der Waals surface area contributed by atoms with Gasteiger partial charge in [0, 0.05) is 11.6 Å². The van der Waals surface area contributed by atoms with Gasteiger partial charge in [0.15, 0.2) is 0 Å². The molecule has 5 nitrogen and oxygen atoms in total. The van der Waals surface area contributed by atoms with Crippen molar-refractivity contribution < 1.29 is 13.2 Å². The third kappa shape index (κ3) is 5.37. The first-order valence-electron chi connectivity index (χ1n) is 9.02. The Bertz CT molecular complexity index is 1080. The van der Waals surface area contributed by atoms with Gasteiger partial charge in [0.05, 0.1) is 10.6 Å². The van der Waals surface area contributed by atoms with Crippen molar-refractivity contribution in [2.75, 3.05) is 10.8 Å². The SMILES string of the molecule is Cc1ccc(CNC(=O)CN(c2cccc(Cl)c2)S(=O)(=O)c2ccccc2)cc1. The molecule has 0 aliphatic carbocycles. The van der Waals surface area contributed by atoms with Gasteiger partial charge in [-0.2, -0.15) is 0 Å². The lowest BCUT2D eigenvalue weighted by molar-refractivity contribution is -0.119. The van der Waals surface area contributed by atoms with E-state index in [-0.39, 0.29) is 11.4 Å². The number of amides is 1. The van der Waals surface area contributed by atoms with E-state index in [2.05, 4.69) is 5.32 Å². The summed E-state index contributed by atoms with van der Waals surface area (Å²) < 4.78 is 27.5. The summed E-state index contributed by atoms with van der Waals surface area (Å²) in [7, 11) is -3.94. The Kier molecular flexibility index (Phi) is 6.56. The Morgan fingerprint density at radius 1 is 0.966 bits per heavy atom. The lowest BCUT2D eigenvalue weighted by atomic mass is 10.1. The molecule has 0 heterocycles. The van der Waals surface area contributed by atoms with Crippen LogP contribution in [-0.4, -0.2) is 20.9 Å². The highest BCUT2D eigenvalue weighted by Crippen LogP contribution is 2.25. The van der Waals surface area contributed by atoms with Crippen LogP contribution in [0.15, 0.2) is 83.8 Å². The second-order valence-corrected chi connectivity index (χ2v) is 8.87. The summed E-state index contributed by atoms with van der Waals surface area (Å²) in [6.07, 6.45) is 0. The van der Waals surface area contributed by atoms with E-state index >= 15 is 0 Å². The van der Waals surface area contributed by atoms with E-state index in [1.165, 1.54) is 18.2 Å². The van der Waals surface area contributed by atoms with Crippen LogP contribution in [0.4, 0.5) is 5.69 Å². The minimum atomic E-state index is -3.94. The van der Waals surface area contributed by atoms with Gasteiger partial charge >= 0.3 is 0 Å². The summed E-state index contributed by atoms with van der Waals surface area (Å²) in [6.45, 7) is 1.94. The van der Waals surface area contributed by atoms with Crippen LogP contribution >= 0.6 is 11.6 Å². The molecule has 0 atom stereocenters. The summed E-state index contributed by atoms with van der Waals surface area (Å²) in [4.78, 5) is 12.7. The maximum absolute atomic E-state index is 13.2. The Morgan fingerprint density at radius 2 is 1.66 bits per heavy atom. The third-order valence-corrected chi connectivity index (χ3v) is 6.35. The van der Waals surface area contributed by atoms with Crippen LogP contribution in [0.5, 0.6) is 0 Å². The van der Waals surface area contributed by atoms with Crippen LogP contribution in [-0.2, 0) is 21.4 Å². The molecule has 1 N–H and O–H groups in total. The lowest BCUT2D eigenvalue weighted by Crippen LogP contribution is -2.40. The zero-order valence-electron chi connectivity index (χ0n) is 15.9. The molecule has 7 heteroatoms. The van der Waals surface area contributed by atoms with Crippen molar-refractivity contribution >= 4 is 33.2 Å². The van der Waals surface area contributed by atoms with Gasteiger partial charge in [0.25, 0.3) is 10.0 Å². The van der Waals surface area contributed by atoms with Gasteiger partial charge in [-0.15, -0.1) is 0 Å². The van der Waals surface area contributed by atoms with Crippen LogP contribution in [0.25, 0.3) is 0 Å². The van der Waals surface area contributed by atoms with Gasteiger partial charge < -0.3 is 5.32 Å². The first-order valence-corrected chi connectivity index (χ1v) is 10.8. The maximum Gasteiger partial charge on any atom is 0.264 e. The Hall–Kier alpha value is -2.83. The zero-order chi connectivity index (χ0) is 20.9. The van der Waals surface area contributed by atoms with E-state index in [1.807, 2.05) is 31.2 Å². The highest BCUT2D eigenvalue weighted by Gasteiger charge is 2.27. The summed E-state index contributed by atoms with van der Waals surface area (Å²) in [6, 6.07) is 22.2. The van der Waals surface area contributed by atoms with Crippen molar-refractivity contribution in [2.24, 2.45) is 0 Å². The number of hydrogen-bond acceptors (Lipinski definition) is 3. The van der Waals surface area contributed by atoms with E-state index in [0.717, 1.165) is 15.4 Å². The molecule has 0 bridgehead atoms. The van der Waals surface area contributed by atoms with Crippen LogP contribution in [0.2, 0.25) is 5.02 Å². The van der Waals surface area contributed by atoms with Crippen molar-refractivity contribution in [2.45, 2.75) is 18.4 Å². The van der Waals surface area contributed by atoms with Crippen molar-refractivity contribution in [3.05, 3.63) is 95.0 Å². The van der Waals surface area contributed by atoms with Gasteiger partial charge in [-0.3, -0.25) is 9.10 Å². The predicted octanol–water partition coefficient (Wildman–Crippen LogP) is 4.16. The number of carbonyl (C=O) groups excluding carboxylic acids is 1. The van der Waals surface area contributed by atoms with Crippen LogP contribution in [0.1, 0.15) is 11.1 Å². The highest BCUT2D eigenvalue weighted by molar-refractivity contribution is 7.92. The summed E-state index contributed by atoms with van der Waals surface area (Å²) >= 11 is 6.05. The number of anilines is 1. The number of sulfonamides is 1. The fraction of sp³-hybridized carbons (Fsp3) is 0.136. The normalized spacial score (nSPS) is 11.1. The average molecular weight is 429 g/mol. The van der Waals surface area contributed by atoms with Gasteiger partial charge in [0.2, 0.25) is 5.91 Å². The Balaban J connectivity index is 1.83. The Labute approximate surface area is 176 Å². The maximum atomic E-state index is 13.2. The minimum absolute atomic E-state index is 0.103. The largest absolute Gasteiger partial charge is 0.350 e. The summed E-state index contributed by atoms with van der Waals surface area (Å²) in [5, 5.41) is 3.16. The van der Waals surface area contributed by atoms with Gasteiger partial charge in [-0.05, 0) is 42.8 Å². The zero-order valence-corrected chi connectivity index (χ0v) is 17.5. The molecule has 0 aliphatic heterocycles. The van der Waals surface area contributed by atoms with Crippen LogP contribution in [0, 0.1) is 6.92 Å². The molecule has 0 radical (unpaired) electrons. The molecule has 3 rings (SSSR count). The smallest absolute Gasteiger partial charge is 0.264 e. The van der Waals surface area contributed by atoms with Gasteiger partial charge in [0.1, 0.15) is 6.54 Å². The number of halogens is 1. The quantitative estimate of drug-likeness (QED) is 0.614. The molecule has 0 aromatic heterocycles. The molecular weight excluding hydrogens is 408 g/mol. The molecule has 0 fully saturated rings. The monoisotopic (exact) mass is 428 g/mol. The van der Waals surface area contributed by atoms with E-state index in [0.29, 0.717) is 17.3 Å². The molecule has 0 spiro atoms. The van der Waals surface area contributed by atoms with Crippen LogP contribution in [0.3, 0.4) is 0 Å². The number of nitrogens with zero attached hydrogens (tertiary/aromatic N) is 1. The van der Waals surface area contributed by atoms with E-state index in [4.69, 9.17) is 11.6 Å². The summed E-state index contributed by atoms with van der Waals surface area (Å²) in [5.41, 5.74) is 2.39. The van der Waals surface area contributed by atoms with Gasteiger partial charge in [-0.25, -0.2) is 8.42 Å². The van der Waals surface area contributed by atoms with E-state index in [9.17, 15) is 13.2 Å². The molecule has 3 aromatic rings. The van der Waals surface area contributed by atoms with Crippen LogP contribution < -0.4 is 9.62 Å². The first kappa shape index (κ1) is 20.9. The molecule has 150 valence electrons. The topological polar surface area (TPSA) is 66.5 Å². The molecule has 0 unspecified atom stereocenters. The highest BCUT2D eigenvalue weighted by atomic mass is 35.5. The molecule has 0 saturated heterocycles. The van der Waals surface area contributed by atoms with E-state index < -0.39 is 15.9 Å². The lowest BCUT2D eigenvalue weighted by Gasteiger charge is -2.24.